The molecule has 1 rings (SSSR count). The van der Waals surface area contributed by atoms with E-state index in [9.17, 15) is 4.79 Å². The van der Waals surface area contributed by atoms with Crippen molar-refractivity contribution in [1.82, 2.24) is 4.90 Å². The fourth-order valence-corrected chi connectivity index (χ4v) is 1.94. The lowest BCUT2D eigenvalue weighted by Gasteiger charge is -2.24. The molecule has 0 aliphatic heterocycles. The van der Waals surface area contributed by atoms with Gasteiger partial charge in [-0.2, -0.15) is 0 Å². The van der Waals surface area contributed by atoms with E-state index in [4.69, 9.17) is 22.1 Å². The average Bonchev–Trinajstić information content (AvgIpc) is 2.35. The molecule has 0 saturated carbocycles. The Bertz CT molecular complexity index is 466. The fraction of sp³-hybridized carbons (Fsp3) is 0.533. The number of anilines is 2. The predicted octanol–water partition coefficient (Wildman–Crippen LogP) is 3.59. The van der Waals surface area contributed by atoms with Gasteiger partial charge in [0.15, 0.2) is 0 Å². The van der Waals surface area contributed by atoms with Gasteiger partial charge in [-0.3, -0.25) is 0 Å². The third-order valence-electron chi connectivity index (χ3n) is 2.72. The van der Waals surface area contributed by atoms with Crippen LogP contribution >= 0.6 is 11.6 Å². The van der Waals surface area contributed by atoms with Crippen molar-refractivity contribution in [1.29, 1.82) is 0 Å². The second-order valence-corrected chi connectivity index (χ2v) is 6.29. The maximum absolute atomic E-state index is 11.8. The van der Waals surface area contributed by atoms with E-state index in [0.717, 1.165) is 12.1 Å². The smallest absolute Gasteiger partial charge is 0.410 e. The van der Waals surface area contributed by atoms with Crippen molar-refractivity contribution >= 4 is 29.1 Å². The van der Waals surface area contributed by atoms with Crippen molar-refractivity contribution in [2.75, 3.05) is 31.2 Å². The van der Waals surface area contributed by atoms with Crippen LogP contribution in [0.15, 0.2) is 18.2 Å². The number of nitrogen functional groups attached to an aromatic ring is 1. The van der Waals surface area contributed by atoms with Crippen molar-refractivity contribution in [3.8, 4) is 0 Å². The molecule has 118 valence electrons. The Morgan fingerprint density at radius 2 is 2.10 bits per heavy atom. The summed E-state index contributed by atoms with van der Waals surface area (Å²) in [4.78, 5) is 13.3. The molecule has 1 amide bonds. The number of rotatable bonds is 5. The second-order valence-electron chi connectivity index (χ2n) is 5.89. The molecule has 21 heavy (non-hydrogen) atoms. The van der Waals surface area contributed by atoms with Gasteiger partial charge in [0.05, 0.1) is 16.4 Å². The van der Waals surface area contributed by atoms with Gasteiger partial charge in [-0.1, -0.05) is 17.7 Å². The van der Waals surface area contributed by atoms with Crippen LogP contribution in [0, 0.1) is 0 Å². The molecule has 0 spiro atoms. The molecule has 0 fully saturated rings. The number of carbonyl (C=O) groups excluding carboxylic acids is 1. The fourth-order valence-electron chi connectivity index (χ4n) is 1.69. The highest BCUT2D eigenvalue weighted by molar-refractivity contribution is 6.33. The van der Waals surface area contributed by atoms with Crippen LogP contribution in [0.2, 0.25) is 5.02 Å². The normalized spacial score (nSPS) is 11.1. The third kappa shape index (κ3) is 6.12. The summed E-state index contributed by atoms with van der Waals surface area (Å²) in [5.74, 6) is 0. The van der Waals surface area contributed by atoms with Crippen molar-refractivity contribution in [2.45, 2.75) is 32.8 Å². The Hall–Kier alpha value is -1.62. The Labute approximate surface area is 131 Å². The minimum absolute atomic E-state index is 0.320. The van der Waals surface area contributed by atoms with Crippen LogP contribution in [0.25, 0.3) is 0 Å². The molecule has 1 aromatic carbocycles. The topological polar surface area (TPSA) is 67.6 Å². The predicted molar refractivity (Wildman–Crippen MR) is 87.8 cm³/mol. The van der Waals surface area contributed by atoms with Crippen molar-refractivity contribution in [3.63, 3.8) is 0 Å². The van der Waals surface area contributed by atoms with Crippen molar-refractivity contribution < 1.29 is 9.53 Å². The number of hydrogen-bond acceptors (Lipinski definition) is 4. The minimum atomic E-state index is -0.477. The van der Waals surface area contributed by atoms with Gasteiger partial charge in [-0.25, -0.2) is 4.79 Å². The summed E-state index contributed by atoms with van der Waals surface area (Å²) in [5, 5.41) is 3.78. The molecule has 6 heteroatoms. The van der Waals surface area contributed by atoms with E-state index < -0.39 is 5.60 Å². The molecule has 1 aromatic rings. The number of nitrogens with two attached hydrogens (primary N) is 1. The van der Waals surface area contributed by atoms with Crippen LogP contribution in [0.1, 0.15) is 27.2 Å². The first-order valence-electron chi connectivity index (χ1n) is 6.92. The van der Waals surface area contributed by atoms with Gasteiger partial charge in [-0.05, 0) is 39.3 Å². The molecule has 0 aliphatic carbocycles. The largest absolute Gasteiger partial charge is 0.444 e. The summed E-state index contributed by atoms with van der Waals surface area (Å²) in [5.41, 5.74) is 6.72. The lowest BCUT2D eigenvalue weighted by molar-refractivity contribution is 0.0298. The Balaban J connectivity index is 2.36. The highest BCUT2D eigenvalue weighted by Gasteiger charge is 2.19. The van der Waals surface area contributed by atoms with Gasteiger partial charge in [0.25, 0.3) is 0 Å². The summed E-state index contributed by atoms with van der Waals surface area (Å²) in [7, 11) is 1.72. The SMILES string of the molecule is CN(CCCNc1c(N)cccc1Cl)C(=O)OC(C)(C)C. The number of hydrogen-bond donors (Lipinski definition) is 2. The molecular formula is C15H24ClN3O2. The zero-order valence-corrected chi connectivity index (χ0v) is 13.8. The summed E-state index contributed by atoms with van der Waals surface area (Å²) in [6.07, 6.45) is 0.445. The van der Waals surface area contributed by atoms with Crippen LogP contribution in [0.4, 0.5) is 16.2 Å². The van der Waals surface area contributed by atoms with Gasteiger partial charge < -0.3 is 20.7 Å². The first-order valence-corrected chi connectivity index (χ1v) is 7.30. The van der Waals surface area contributed by atoms with Crippen LogP contribution in [0.3, 0.4) is 0 Å². The Kier molecular flexibility index (Phi) is 6.15. The maximum atomic E-state index is 11.8. The van der Waals surface area contributed by atoms with Gasteiger partial charge in [0.2, 0.25) is 0 Å². The number of carbonyl (C=O) groups is 1. The summed E-state index contributed by atoms with van der Waals surface area (Å²) >= 11 is 6.07. The zero-order valence-electron chi connectivity index (χ0n) is 13.1. The van der Waals surface area contributed by atoms with Crippen molar-refractivity contribution in [3.05, 3.63) is 23.2 Å². The second kappa shape index (κ2) is 7.41. The number of para-hydroxylation sites is 1. The van der Waals surface area contributed by atoms with Gasteiger partial charge in [0.1, 0.15) is 5.60 Å². The molecule has 0 bridgehead atoms. The quantitative estimate of drug-likeness (QED) is 0.644. The summed E-state index contributed by atoms with van der Waals surface area (Å²) < 4.78 is 5.28. The van der Waals surface area contributed by atoms with Crippen LogP contribution in [-0.2, 0) is 4.74 Å². The minimum Gasteiger partial charge on any atom is -0.444 e. The van der Waals surface area contributed by atoms with Crippen LogP contribution in [-0.4, -0.2) is 36.7 Å². The molecule has 3 N–H and O–H groups in total. The first kappa shape index (κ1) is 17.4. The number of halogens is 1. The molecule has 0 saturated heterocycles. The third-order valence-corrected chi connectivity index (χ3v) is 3.04. The van der Waals surface area contributed by atoms with E-state index in [1.165, 1.54) is 0 Å². The van der Waals surface area contributed by atoms with Crippen LogP contribution in [0.5, 0.6) is 0 Å². The number of benzene rings is 1. The Morgan fingerprint density at radius 1 is 1.43 bits per heavy atom. The van der Waals surface area contributed by atoms with Gasteiger partial charge in [0, 0.05) is 20.1 Å². The molecule has 0 aromatic heterocycles. The molecule has 0 unspecified atom stereocenters. The monoisotopic (exact) mass is 313 g/mol. The molecule has 0 aliphatic rings. The molecule has 0 heterocycles. The zero-order chi connectivity index (χ0) is 16.0. The molecule has 0 atom stereocenters. The number of ether oxygens (including phenoxy) is 1. The number of nitrogens with one attached hydrogen (secondary N) is 1. The lowest BCUT2D eigenvalue weighted by Crippen LogP contribution is -2.35. The highest BCUT2D eigenvalue weighted by atomic mass is 35.5. The van der Waals surface area contributed by atoms with E-state index in [1.54, 1.807) is 30.1 Å². The lowest BCUT2D eigenvalue weighted by atomic mass is 10.2. The van der Waals surface area contributed by atoms with E-state index in [0.29, 0.717) is 23.8 Å². The standard InChI is InChI=1S/C15H24ClN3O2/c1-15(2,3)21-14(20)19(4)10-6-9-18-13-11(16)7-5-8-12(13)17/h5,7-8,18H,6,9-10,17H2,1-4H3. The van der Waals surface area contributed by atoms with E-state index in [-0.39, 0.29) is 6.09 Å². The van der Waals surface area contributed by atoms with E-state index >= 15 is 0 Å². The van der Waals surface area contributed by atoms with E-state index in [1.807, 2.05) is 20.8 Å². The summed E-state index contributed by atoms with van der Waals surface area (Å²) in [6.45, 7) is 6.80. The highest BCUT2D eigenvalue weighted by Crippen LogP contribution is 2.27. The van der Waals surface area contributed by atoms with Crippen molar-refractivity contribution in [2.24, 2.45) is 0 Å². The van der Waals surface area contributed by atoms with E-state index in [2.05, 4.69) is 5.32 Å². The van der Waals surface area contributed by atoms with Gasteiger partial charge in [-0.15, -0.1) is 0 Å². The van der Waals surface area contributed by atoms with Crippen LogP contribution < -0.4 is 11.1 Å². The maximum Gasteiger partial charge on any atom is 0.410 e. The number of nitrogens with zero attached hydrogens (tertiary/aromatic N) is 1. The van der Waals surface area contributed by atoms with Gasteiger partial charge >= 0.3 is 6.09 Å². The average molecular weight is 314 g/mol. The summed E-state index contributed by atoms with van der Waals surface area (Å²) in [6, 6.07) is 5.38. The number of amides is 1. The molecule has 0 radical (unpaired) electrons. The molecular weight excluding hydrogens is 290 g/mol. The Morgan fingerprint density at radius 3 is 2.67 bits per heavy atom. The first-order chi connectivity index (χ1) is 9.70. The molecule has 5 nitrogen and oxygen atoms in total.